The predicted octanol–water partition coefficient (Wildman–Crippen LogP) is 0.523. The van der Waals surface area contributed by atoms with Crippen LogP contribution < -0.4 is 5.32 Å². The summed E-state index contributed by atoms with van der Waals surface area (Å²) in [5, 5.41) is 30.0. The van der Waals surface area contributed by atoms with Crippen LogP contribution in [0.5, 0.6) is 17.2 Å². The van der Waals surface area contributed by atoms with E-state index in [4.69, 9.17) is 15.3 Å². The number of hydrogen-bond donors (Lipinski definition) is 4. The number of hydrogen-bond acceptors (Lipinski definition) is 4. The van der Waals surface area contributed by atoms with E-state index >= 15 is 0 Å². The molecule has 4 nitrogen and oxygen atoms in total. The Morgan fingerprint density at radius 3 is 2.08 bits per heavy atom. The first kappa shape index (κ1) is 8.67. The minimum atomic E-state index is -0.477. The van der Waals surface area contributed by atoms with Crippen molar-refractivity contribution >= 4 is 0 Å². The van der Waals surface area contributed by atoms with Crippen molar-refractivity contribution in [2.24, 2.45) is 0 Å². The summed E-state index contributed by atoms with van der Waals surface area (Å²) in [5.74, 6) is -1.09. The van der Waals surface area contributed by atoms with Crippen molar-refractivity contribution in [2.45, 2.75) is 6.54 Å². The van der Waals surface area contributed by atoms with Crippen LogP contribution in [0, 0.1) is 0 Å². The molecule has 4 N–H and O–H groups in total. The number of aromatic hydroxyl groups is 3. The molecular formula is C8H11NO3. The minimum absolute atomic E-state index is 0.305. The Hall–Kier alpha value is -1.42. The zero-order valence-corrected chi connectivity index (χ0v) is 6.70. The summed E-state index contributed by atoms with van der Waals surface area (Å²) >= 11 is 0. The highest BCUT2D eigenvalue weighted by atomic mass is 16.3. The van der Waals surface area contributed by atoms with Crippen molar-refractivity contribution in [3.05, 3.63) is 17.7 Å². The van der Waals surface area contributed by atoms with Gasteiger partial charge in [-0.25, -0.2) is 0 Å². The summed E-state index contributed by atoms with van der Waals surface area (Å²) in [6.07, 6.45) is 0. The Labute approximate surface area is 70.1 Å². The van der Waals surface area contributed by atoms with E-state index < -0.39 is 5.75 Å². The first-order valence-electron chi connectivity index (χ1n) is 3.53. The number of nitrogens with one attached hydrogen (secondary N) is 1. The van der Waals surface area contributed by atoms with Gasteiger partial charge in [-0.1, -0.05) is 0 Å². The Bertz CT molecular complexity index is 263. The Kier molecular flexibility index (Phi) is 2.40. The molecule has 0 bridgehead atoms. The molecule has 0 heterocycles. The van der Waals surface area contributed by atoms with Crippen molar-refractivity contribution in [3.63, 3.8) is 0 Å². The monoisotopic (exact) mass is 169 g/mol. The molecule has 0 amide bonds. The van der Waals surface area contributed by atoms with Gasteiger partial charge in [0, 0.05) is 6.54 Å². The molecule has 0 aliphatic heterocycles. The lowest BCUT2D eigenvalue weighted by Gasteiger charge is -2.04. The third-order valence-corrected chi connectivity index (χ3v) is 1.51. The summed E-state index contributed by atoms with van der Waals surface area (Å²) in [7, 11) is 1.75. The second-order valence-electron chi connectivity index (χ2n) is 2.51. The molecule has 66 valence electrons. The molecule has 0 saturated carbocycles. The quantitative estimate of drug-likeness (QED) is 0.487. The van der Waals surface area contributed by atoms with Crippen LogP contribution in [-0.4, -0.2) is 22.4 Å². The highest BCUT2D eigenvalue weighted by Crippen LogP contribution is 2.35. The van der Waals surface area contributed by atoms with Crippen LogP contribution >= 0.6 is 0 Å². The fourth-order valence-corrected chi connectivity index (χ4v) is 0.967. The van der Waals surface area contributed by atoms with Crippen LogP contribution in [0.4, 0.5) is 0 Å². The Balaban J connectivity index is 3.04. The van der Waals surface area contributed by atoms with Gasteiger partial charge in [0.25, 0.3) is 0 Å². The average Bonchev–Trinajstić information content (AvgIpc) is 2.01. The van der Waals surface area contributed by atoms with Crippen molar-refractivity contribution in [3.8, 4) is 17.2 Å². The Morgan fingerprint density at radius 1 is 1.17 bits per heavy atom. The van der Waals surface area contributed by atoms with Crippen LogP contribution in [0.1, 0.15) is 5.56 Å². The minimum Gasteiger partial charge on any atom is -0.504 e. The van der Waals surface area contributed by atoms with Gasteiger partial charge in [0.1, 0.15) is 0 Å². The highest BCUT2D eigenvalue weighted by molar-refractivity contribution is 5.50. The first-order chi connectivity index (χ1) is 5.65. The summed E-state index contributed by atoms with van der Waals surface area (Å²) < 4.78 is 0. The third kappa shape index (κ3) is 1.60. The smallest absolute Gasteiger partial charge is 0.200 e. The van der Waals surface area contributed by atoms with E-state index in [9.17, 15) is 0 Å². The van der Waals surface area contributed by atoms with Crippen molar-refractivity contribution in [1.82, 2.24) is 5.32 Å². The molecule has 0 aliphatic rings. The molecule has 1 rings (SSSR count). The Morgan fingerprint density at radius 2 is 1.67 bits per heavy atom. The summed E-state index contributed by atoms with van der Waals surface area (Å²) in [5.41, 5.74) is 0.713. The molecule has 0 radical (unpaired) electrons. The number of rotatable bonds is 2. The van der Waals surface area contributed by atoms with E-state index in [0.29, 0.717) is 12.1 Å². The van der Waals surface area contributed by atoms with Crippen LogP contribution in [0.3, 0.4) is 0 Å². The maximum atomic E-state index is 9.07. The number of benzene rings is 1. The third-order valence-electron chi connectivity index (χ3n) is 1.51. The molecule has 1 aromatic rings. The van der Waals surface area contributed by atoms with Gasteiger partial charge in [-0.05, 0) is 24.7 Å². The first-order valence-corrected chi connectivity index (χ1v) is 3.53. The van der Waals surface area contributed by atoms with Crippen LogP contribution in [0.2, 0.25) is 0 Å². The highest BCUT2D eigenvalue weighted by Gasteiger charge is 2.06. The molecule has 0 aromatic heterocycles. The van der Waals surface area contributed by atoms with E-state index in [0.717, 1.165) is 0 Å². The van der Waals surface area contributed by atoms with Crippen LogP contribution in [-0.2, 0) is 6.54 Å². The van der Waals surface area contributed by atoms with Crippen molar-refractivity contribution in [1.29, 1.82) is 0 Å². The van der Waals surface area contributed by atoms with E-state index in [1.807, 2.05) is 0 Å². The summed E-state index contributed by atoms with van der Waals surface area (Å²) in [6, 6.07) is 2.79. The van der Waals surface area contributed by atoms with Gasteiger partial charge in [-0.15, -0.1) is 0 Å². The van der Waals surface area contributed by atoms with Crippen LogP contribution in [0.15, 0.2) is 12.1 Å². The summed E-state index contributed by atoms with van der Waals surface area (Å²) in [6.45, 7) is 0.529. The molecule has 12 heavy (non-hydrogen) atoms. The van der Waals surface area contributed by atoms with E-state index in [1.165, 1.54) is 12.1 Å². The van der Waals surface area contributed by atoms with Gasteiger partial charge in [0.15, 0.2) is 17.2 Å². The van der Waals surface area contributed by atoms with E-state index in [-0.39, 0.29) is 11.5 Å². The fraction of sp³-hybridized carbons (Fsp3) is 0.250. The predicted molar refractivity (Wildman–Crippen MR) is 44.2 cm³/mol. The largest absolute Gasteiger partial charge is 0.504 e. The molecule has 0 atom stereocenters. The maximum absolute atomic E-state index is 9.07. The van der Waals surface area contributed by atoms with Gasteiger partial charge in [-0.3, -0.25) is 0 Å². The van der Waals surface area contributed by atoms with E-state index in [2.05, 4.69) is 5.32 Å². The molecule has 1 aromatic carbocycles. The van der Waals surface area contributed by atoms with Gasteiger partial charge < -0.3 is 20.6 Å². The molecule has 0 unspecified atom stereocenters. The lowest BCUT2D eigenvalue weighted by Crippen LogP contribution is -2.04. The molecule has 0 saturated heterocycles. The molecule has 4 heteroatoms. The lowest BCUT2D eigenvalue weighted by atomic mass is 10.2. The average molecular weight is 169 g/mol. The SMILES string of the molecule is CNCc1cc(O)c(O)c(O)c1. The summed E-state index contributed by atoms with van der Waals surface area (Å²) in [4.78, 5) is 0. The second-order valence-corrected chi connectivity index (χ2v) is 2.51. The van der Waals surface area contributed by atoms with Crippen molar-refractivity contribution < 1.29 is 15.3 Å². The van der Waals surface area contributed by atoms with Crippen molar-refractivity contribution in [2.75, 3.05) is 7.05 Å². The van der Waals surface area contributed by atoms with Gasteiger partial charge in [-0.2, -0.15) is 0 Å². The lowest BCUT2D eigenvalue weighted by molar-refractivity contribution is 0.367. The molecule has 0 aliphatic carbocycles. The number of phenols is 3. The normalized spacial score (nSPS) is 10.1. The van der Waals surface area contributed by atoms with Gasteiger partial charge in [0.05, 0.1) is 0 Å². The van der Waals surface area contributed by atoms with Gasteiger partial charge >= 0.3 is 0 Å². The second kappa shape index (κ2) is 3.32. The van der Waals surface area contributed by atoms with Gasteiger partial charge in [0.2, 0.25) is 0 Å². The zero-order valence-electron chi connectivity index (χ0n) is 6.70. The van der Waals surface area contributed by atoms with E-state index in [1.54, 1.807) is 7.05 Å². The topological polar surface area (TPSA) is 72.7 Å². The fourth-order valence-electron chi connectivity index (χ4n) is 0.967. The standard InChI is InChI=1S/C8H11NO3/c1-9-4-5-2-6(10)8(12)7(11)3-5/h2-3,9-12H,4H2,1H3. The molecule has 0 fully saturated rings. The molecular weight excluding hydrogens is 158 g/mol. The zero-order chi connectivity index (χ0) is 9.14. The van der Waals surface area contributed by atoms with Crippen LogP contribution in [0.25, 0.3) is 0 Å². The molecule has 0 spiro atoms. The number of phenolic OH excluding ortho intramolecular Hbond substituents is 3. The maximum Gasteiger partial charge on any atom is 0.200 e.